The number of pyridine rings is 1. The van der Waals surface area contributed by atoms with E-state index >= 15 is 0 Å². The summed E-state index contributed by atoms with van der Waals surface area (Å²) in [5.74, 6) is 0.268. The highest BCUT2D eigenvalue weighted by Gasteiger charge is 2.15. The van der Waals surface area contributed by atoms with Crippen molar-refractivity contribution in [2.75, 3.05) is 12.3 Å². The van der Waals surface area contributed by atoms with Crippen molar-refractivity contribution in [3.05, 3.63) is 59.4 Å². The third-order valence-corrected chi connectivity index (χ3v) is 4.63. The largest absolute Gasteiger partial charge is 0.337 e. The van der Waals surface area contributed by atoms with E-state index in [-0.39, 0.29) is 11.7 Å². The van der Waals surface area contributed by atoms with Crippen molar-refractivity contribution >= 4 is 29.3 Å². The number of rotatable bonds is 7. The number of benzene rings is 1. The van der Waals surface area contributed by atoms with Gasteiger partial charge in [-0.1, -0.05) is 29.8 Å². The van der Waals surface area contributed by atoms with Gasteiger partial charge >= 0.3 is 0 Å². The Labute approximate surface area is 145 Å². The van der Waals surface area contributed by atoms with Gasteiger partial charge in [0.25, 0.3) is 0 Å². The molecule has 6 heteroatoms. The molecule has 4 nitrogen and oxygen atoms in total. The van der Waals surface area contributed by atoms with Gasteiger partial charge in [0.05, 0.1) is 23.3 Å². The molecule has 0 radical (unpaired) electrons. The molecule has 0 atom stereocenters. The smallest absolute Gasteiger partial charge is 0.233 e. The minimum absolute atomic E-state index is 0.0194. The molecular weight excluding hydrogens is 330 g/mol. The SMILES string of the molecule is N#CCCN(Cc1cccnc1)C(=O)CSc1ccccc1Cl. The van der Waals surface area contributed by atoms with Crippen molar-refractivity contribution in [1.29, 1.82) is 5.26 Å². The lowest BCUT2D eigenvalue weighted by molar-refractivity contribution is -0.128. The number of nitrogens with zero attached hydrogens (tertiary/aromatic N) is 3. The Balaban J connectivity index is 1.99. The van der Waals surface area contributed by atoms with Crippen molar-refractivity contribution in [3.8, 4) is 6.07 Å². The van der Waals surface area contributed by atoms with E-state index in [1.54, 1.807) is 23.4 Å². The highest BCUT2D eigenvalue weighted by molar-refractivity contribution is 8.00. The van der Waals surface area contributed by atoms with Gasteiger partial charge in [0.2, 0.25) is 5.91 Å². The standard InChI is InChI=1S/C17H16ClN3OS/c18-15-6-1-2-7-16(15)23-13-17(22)21(10-4-8-19)12-14-5-3-9-20-11-14/h1-3,5-7,9,11H,4,10,12-13H2. The van der Waals surface area contributed by atoms with Crippen molar-refractivity contribution in [2.45, 2.75) is 17.9 Å². The van der Waals surface area contributed by atoms with E-state index in [1.807, 2.05) is 30.3 Å². The normalized spacial score (nSPS) is 10.1. The van der Waals surface area contributed by atoms with Crippen LogP contribution in [-0.4, -0.2) is 28.1 Å². The quantitative estimate of drug-likeness (QED) is 0.717. The number of hydrogen-bond acceptors (Lipinski definition) is 4. The molecule has 0 bridgehead atoms. The maximum absolute atomic E-state index is 12.5. The van der Waals surface area contributed by atoms with E-state index < -0.39 is 0 Å². The summed E-state index contributed by atoms with van der Waals surface area (Å²) >= 11 is 7.51. The number of halogens is 1. The van der Waals surface area contributed by atoms with Gasteiger partial charge in [-0.3, -0.25) is 9.78 Å². The van der Waals surface area contributed by atoms with Crippen LogP contribution in [0.2, 0.25) is 5.02 Å². The number of carbonyl (C=O) groups is 1. The molecule has 2 aromatic rings. The fraction of sp³-hybridized carbons (Fsp3) is 0.235. The van der Waals surface area contributed by atoms with Gasteiger partial charge in [0, 0.05) is 30.4 Å². The highest BCUT2D eigenvalue weighted by Crippen LogP contribution is 2.26. The molecule has 0 saturated carbocycles. The van der Waals surface area contributed by atoms with Gasteiger partial charge in [-0.15, -0.1) is 11.8 Å². The zero-order valence-corrected chi connectivity index (χ0v) is 14.1. The summed E-state index contributed by atoms with van der Waals surface area (Å²) in [5, 5.41) is 9.42. The van der Waals surface area contributed by atoms with Crippen LogP contribution in [0.5, 0.6) is 0 Å². The topological polar surface area (TPSA) is 57.0 Å². The molecule has 118 valence electrons. The fourth-order valence-electron chi connectivity index (χ4n) is 1.98. The van der Waals surface area contributed by atoms with Crippen LogP contribution in [0, 0.1) is 11.3 Å². The second kappa shape index (κ2) is 9.19. The van der Waals surface area contributed by atoms with Gasteiger partial charge < -0.3 is 4.90 Å². The summed E-state index contributed by atoms with van der Waals surface area (Å²) < 4.78 is 0. The molecule has 0 aliphatic heterocycles. The summed E-state index contributed by atoms with van der Waals surface area (Å²) in [6, 6.07) is 13.3. The Kier molecular flexibility index (Phi) is 6.92. The number of nitriles is 1. The Morgan fingerprint density at radius 3 is 2.83 bits per heavy atom. The van der Waals surface area contributed by atoms with Crippen LogP contribution in [0.3, 0.4) is 0 Å². The summed E-state index contributed by atoms with van der Waals surface area (Å²) in [6.07, 6.45) is 3.73. The molecule has 0 spiro atoms. The van der Waals surface area contributed by atoms with Gasteiger partial charge in [-0.25, -0.2) is 0 Å². The summed E-state index contributed by atoms with van der Waals surface area (Å²) in [7, 11) is 0. The Morgan fingerprint density at radius 2 is 2.13 bits per heavy atom. The Bertz CT molecular complexity index is 688. The van der Waals surface area contributed by atoms with Gasteiger partial charge in [0.1, 0.15) is 0 Å². The Morgan fingerprint density at radius 1 is 1.30 bits per heavy atom. The first-order valence-corrected chi connectivity index (χ1v) is 8.48. The van der Waals surface area contributed by atoms with Crippen molar-refractivity contribution < 1.29 is 4.79 Å². The maximum Gasteiger partial charge on any atom is 0.233 e. The predicted octanol–water partition coefficient (Wildman–Crippen LogP) is 3.77. The molecule has 1 aromatic heterocycles. The van der Waals surface area contributed by atoms with Crippen LogP contribution in [0.25, 0.3) is 0 Å². The monoisotopic (exact) mass is 345 g/mol. The van der Waals surface area contributed by atoms with Crippen molar-refractivity contribution in [2.24, 2.45) is 0 Å². The first-order chi connectivity index (χ1) is 11.2. The minimum Gasteiger partial charge on any atom is -0.337 e. The first kappa shape index (κ1) is 17.3. The van der Waals surface area contributed by atoms with E-state index in [4.69, 9.17) is 16.9 Å². The molecule has 0 aliphatic rings. The number of hydrogen-bond donors (Lipinski definition) is 0. The van der Waals surface area contributed by atoms with Gasteiger partial charge in [-0.2, -0.15) is 5.26 Å². The van der Waals surface area contributed by atoms with Crippen LogP contribution in [-0.2, 0) is 11.3 Å². The third kappa shape index (κ3) is 5.59. The molecule has 23 heavy (non-hydrogen) atoms. The lowest BCUT2D eigenvalue weighted by Gasteiger charge is -2.21. The van der Waals surface area contributed by atoms with Crippen LogP contribution in [0.4, 0.5) is 0 Å². The summed E-state index contributed by atoms with van der Waals surface area (Å²) in [5.41, 5.74) is 0.946. The van der Waals surface area contributed by atoms with Crippen molar-refractivity contribution in [3.63, 3.8) is 0 Å². The van der Waals surface area contributed by atoms with Crippen LogP contribution in [0.1, 0.15) is 12.0 Å². The summed E-state index contributed by atoms with van der Waals surface area (Å²) in [4.78, 5) is 19.1. The molecule has 0 unspecified atom stereocenters. The Hall–Kier alpha value is -2.03. The maximum atomic E-state index is 12.5. The average molecular weight is 346 g/mol. The van der Waals surface area contributed by atoms with Crippen LogP contribution >= 0.6 is 23.4 Å². The van der Waals surface area contributed by atoms with Crippen molar-refractivity contribution in [1.82, 2.24) is 9.88 Å². The lowest BCUT2D eigenvalue weighted by atomic mass is 10.2. The average Bonchev–Trinajstić information content (AvgIpc) is 2.58. The number of carbonyl (C=O) groups excluding carboxylic acids is 1. The molecule has 1 aromatic carbocycles. The summed E-state index contributed by atoms with van der Waals surface area (Å²) in [6.45, 7) is 0.866. The molecule has 1 heterocycles. The highest BCUT2D eigenvalue weighted by atomic mass is 35.5. The fourth-order valence-corrected chi connectivity index (χ4v) is 3.12. The molecule has 0 aliphatic carbocycles. The zero-order valence-electron chi connectivity index (χ0n) is 12.5. The van der Waals surface area contributed by atoms with Crippen LogP contribution in [0.15, 0.2) is 53.7 Å². The first-order valence-electron chi connectivity index (χ1n) is 7.11. The van der Waals surface area contributed by atoms with Crippen LogP contribution < -0.4 is 0 Å². The molecular formula is C17H16ClN3OS. The van der Waals surface area contributed by atoms with Gasteiger partial charge in [0.15, 0.2) is 0 Å². The molecule has 0 N–H and O–H groups in total. The van der Waals surface area contributed by atoms with E-state index in [9.17, 15) is 4.79 Å². The zero-order chi connectivity index (χ0) is 16.5. The van der Waals surface area contributed by atoms with E-state index in [0.717, 1.165) is 10.5 Å². The van der Waals surface area contributed by atoms with E-state index in [1.165, 1.54) is 11.8 Å². The second-order valence-electron chi connectivity index (χ2n) is 4.80. The predicted molar refractivity (Wildman–Crippen MR) is 92.1 cm³/mol. The third-order valence-electron chi connectivity index (χ3n) is 3.13. The molecule has 0 saturated heterocycles. The number of amides is 1. The molecule has 1 amide bonds. The lowest BCUT2D eigenvalue weighted by Crippen LogP contribution is -2.32. The van der Waals surface area contributed by atoms with Gasteiger partial charge in [-0.05, 0) is 23.8 Å². The van der Waals surface area contributed by atoms with E-state index in [2.05, 4.69) is 11.1 Å². The number of aromatic nitrogens is 1. The molecule has 2 rings (SSSR count). The second-order valence-corrected chi connectivity index (χ2v) is 6.23. The van der Waals surface area contributed by atoms with E-state index in [0.29, 0.717) is 24.5 Å². The molecule has 0 fully saturated rings. The number of thioether (sulfide) groups is 1. The minimum atomic E-state index is -0.0194.